The van der Waals surface area contributed by atoms with Crippen LogP contribution in [0, 0.1) is 5.92 Å². The molecule has 6 nitrogen and oxygen atoms in total. The fourth-order valence-electron chi connectivity index (χ4n) is 1.77. The predicted octanol–water partition coefficient (Wildman–Crippen LogP) is 2.20. The number of alkyl carbamates (subject to hydrolysis) is 1. The van der Waals surface area contributed by atoms with Crippen molar-refractivity contribution in [1.29, 1.82) is 0 Å². The van der Waals surface area contributed by atoms with Crippen molar-refractivity contribution in [2.24, 2.45) is 5.92 Å². The summed E-state index contributed by atoms with van der Waals surface area (Å²) >= 11 is 0. The predicted molar refractivity (Wildman–Crippen MR) is 86.5 cm³/mol. The monoisotopic (exact) mass is 316 g/mol. The molecule has 0 saturated carbocycles. The summed E-state index contributed by atoms with van der Waals surface area (Å²) in [7, 11) is 0. The largest absolute Gasteiger partial charge is 0.444 e. The maximum Gasteiger partial charge on any atom is 0.408 e. The average Bonchev–Trinajstić information content (AvgIpc) is 2.22. The van der Waals surface area contributed by atoms with Gasteiger partial charge in [-0.05, 0) is 53.4 Å². The summed E-state index contributed by atoms with van der Waals surface area (Å²) in [6.45, 7) is 13.0. The minimum Gasteiger partial charge on any atom is -0.444 e. The van der Waals surface area contributed by atoms with Crippen molar-refractivity contribution in [3.8, 4) is 0 Å². The molecular weight excluding hydrogens is 284 g/mol. The molecule has 6 heteroatoms. The Morgan fingerprint density at radius 3 is 2.09 bits per heavy atom. The third-order valence-corrected chi connectivity index (χ3v) is 2.75. The highest BCUT2D eigenvalue weighted by atomic mass is 16.6. The summed E-state index contributed by atoms with van der Waals surface area (Å²) in [6, 6.07) is -0.642. The molecule has 0 saturated heterocycles. The van der Waals surface area contributed by atoms with E-state index in [1.807, 2.05) is 13.8 Å². The van der Waals surface area contributed by atoms with Crippen LogP contribution in [0.25, 0.3) is 0 Å². The molecule has 0 aromatic rings. The Balaban J connectivity index is 4.56. The minimum atomic E-state index is -0.834. The highest BCUT2D eigenvalue weighted by Gasteiger charge is 2.25. The summed E-state index contributed by atoms with van der Waals surface area (Å²) in [5.41, 5.74) is -1.44. The number of amides is 2. The van der Waals surface area contributed by atoms with E-state index in [9.17, 15) is 14.7 Å². The van der Waals surface area contributed by atoms with Crippen LogP contribution in [-0.2, 0) is 9.53 Å². The second-order valence-electron chi connectivity index (χ2n) is 7.68. The zero-order chi connectivity index (χ0) is 17.6. The van der Waals surface area contributed by atoms with Crippen molar-refractivity contribution >= 4 is 12.0 Å². The van der Waals surface area contributed by atoms with Crippen molar-refractivity contribution < 1.29 is 19.4 Å². The molecule has 1 atom stereocenters. The molecule has 0 aliphatic carbocycles. The second-order valence-corrected chi connectivity index (χ2v) is 7.68. The lowest BCUT2D eigenvalue weighted by Crippen LogP contribution is -2.49. The van der Waals surface area contributed by atoms with Gasteiger partial charge in [0.25, 0.3) is 0 Å². The van der Waals surface area contributed by atoms with E-state index in [1.54, 1.807) is 34.6 Å². The zero-order valence-corrected chi connectivity index (χ0v) is 14.9. The van der Waals surface area contributed by atoms with Gasteiger partial charge in [0.05, 0.1) is 5.60 Å². The van der Waals surface area contributed by atoms with Gasteiger partial charge in [-0.1, -0.05) is 13.8 Å². The van der Waals surface area contributed by atoms with Gasteiger partial charge in [-0.2, -0.15) is 0 Å². The fraction of sp³-hybridized carbons (Fsp3) is 0.875. The molecular formula is C16H32N2O4. The molecule has 0 aliphatic rings. The lowest BCUT2D eigenvalue weighted by Gasteiger charge is -2.24. The molecule has 0 aromatic heterocycles. The van der Waals surface area contributed by atoms with Crippen molar-refractivity contribution in [3.63, 3.8) is 0 Å². The number of ether oxygens (including phenoxy) is 1. The molecule has 0 fully saturated rings. The third-order valence-electron chi connectivity index (χ3n) is 2.75. The lowest BCUT2D eigenvalue weighted by atomic mass is 10.0. The molecule has 0 bridgehead atoms. The van der Waals surface area contributed by atoms with Crippen LogP contribution in [-0.4, -0.2) is 40.9 Å². The van der Waals surface area contributed by atoms with Gasteiger partial charge >= 0.3 is 6.09 Å². The Bertz CT molecular complexity index is 367. The quantitative estimate of drug-likeness (QED) is 0.672. The minimum absolute atomic E-state index is 0.250. The summed E-state index contributed by atoms with van der Waals surface area (Å²) in [6.07, 6.45) is 0.364. The van der Waals surface area contributed by atoms with Crippen LogP contribution in [0.15, 0.2) is 0 Å². The third kappa shape index (κ3) is 11.4. The van der Waals surface area contributed by atoms with Gasteiger partial charge in [0.2, 0.25) is 5.91 Å². The Hall–Kier alpha value is -1.30. The average molecular weight is 316 g/mol. The molecule has 0 heterocycles. The molecule has 0 aromatic carbocycles. The second kappa shape index (κ2) is 8.36. The number of hydrogen-bond acceptors (Lipinski definition) is 4. The number of hydrogen-bond donors (Lipinski definition) is 3. The first kappa shape index (κ1) is 20.7. The van der Waals surface area contributed by atoms with E-state index in [4.69, 9.17) is 4.74 Å². The topological polar surface area (TPSA) is 87.7 Å². The highest BCUT2D eigenvalue weighted by molar-refractivity contribution is 5.85. The summed E-state index contributed by atoms with van der Waals surface area (Å²) < 4.78 is 5.19. The Labute approximate surface area is 134 Å². The van der Waals surface area contributed by atoms with Crippen molar-refractivity contribution in [2.75, 3.05) is 6.54 Å². The first-order chi connectivity index (χ1) is 9.80. The molecule has 3 N–H and O–H groups in total. The molecule has 0 rings (SSSR count). The van der Waals surface area contributed by atoms with Gasteiger partial charge in [-0.3, -0.25) is 4.79 Å². The number of nitrogens with one attached hydrogen (secondary N) is 2. The maximum atomic E-state index is 12.2. The Kier molecular flexibility index (Phi) is 7.87. The molecule has 0 unspecified atom stereocenters. The molecule has 22 heavy (non-hydrogen) atoms. The Morgan fingerprint density at radius 1 is 1.14 bits per heavy atom. The van der Waals surface area contributed by atoms with Gasteiger partial charge in [-0.15, -0.1) is 0 Å². The van der Waals surface area contributed by atoms with Crippen molar-refractivity contribution in [3.05, 3.63) is 0 Å². The number of carbonyl (C=O) groups excluding carboxylic acids is 2. The van der Waals surface area contributed by atoms with Crippen molar-refractivity contribution in [1.82, 2.24) is 10.6 Å². The van der Waals surface area contributed by atoms with E-state index in [0.29, 0.717) is 19.4 Å². The van der Waals surface area contributed by atoms with Crippen LogP contribution in [0.4, 0.5) is 4.79 Å². The standard InChI is InChI=1S/C16H32N2O4/c1-11(2)10-12(18-14(20)22-15(3,4)5)13(19)17-9-8-16(6,7)21/h11-12,21H,8-10H2,1-7H3,(H,17,19)(H,18,20)/t12-/m0/s1. The molecule has 0 aliphatic heterocycles. The van der Waals surface area contributed by atoms with E-state index in [1.165, 1.54) is 0 Å². The van der Waals surface area contributed by atoms with Gasteiger partial charge in [0.15, 0.2) is 0 Å². The summed E-state index contributed by atoms with van der Waals surface area (Å²) in [5, 5.41) is 15.0. The molecule has 0 spiro atoms. The van der Waals surface area contributed by atoms with Crippen LogP contribution < -0.4 is 10.6 Å². The summed E-state index contributed by atoms with van der Waals surface area (Å²) in [4.78, 5) is 24.0. The number of rotatable bonds is 7. The first-order valence-electron chi connectivity index (χ1n) is 7.80. The summed E-state index contributed by atoms with van der Waals surface area (Å²) in [5.74, 6) is -0.0104. The van der Waals surface area contributed by atoms with E-state index in [-0.39, 0.29) is 11.8 Å². The molecule has 2 amide bonds. The molecule has 0 radical (unpaired) electrons. The van der Waals surface area contributed by atoms with Crippen LogP contribution >= 0.6 is 0 Å². The Morgan fingerprint density at radius 2 is 1.68 bits per heavy atom. The smallest absolute Gasteiger partial charge is 0.408 e. The number of aliphatic hydroxyl groups is 1. The van der Waals surface area contributed by atoms with E-state index < -0.39 is 23.3 Å². The van der Waals surface area contributed by atoms with Crippen molar-refractivity contribution in [2.45, 2.75) is 78.6 Å². The van der Waals surface area contributed by atoms with Crippen LogP contribution in [0.3, 0.4) is 0 Å². The first-order valence-corrected chi connectivity index (χ1v) is 7.80. The van der Waals surface area contributed by atoms with Crippen LogP contribution in [0.5, 0.6) is 0 Å². The highest BCUT2D eigenvalue weighted by Crippen LogP contribution is 2.10. The number of carbonyl (C=O) groups is 2. The lowest BCUT2D eigenvalue weighted by molar-refractivity contribution is -0.123. The zero-order valence-electron chi connectivity index (χ0n) is 14.9. The van der Waals surface area contributed by atoms with Gasteiger partial charge < -0.3 is 20.5 Å². The van der Waals surface area contributed by atoms with E-state index >= 15 is 0 Å². The van der Waals surface area contributed by atoms with Gasteiger partial charge in [0, 0.05) is 6.54 Å². The van der Waals surface area contributed by atoms with Crippen LogP contribution in [0.2, 0.25) is 0 Å². The van der Waals surface area contributed by atoms with E-state index in [2.05, 4.69) is 10.6 Å². The van der Waals surface area contributed by atoms with Crippen LogP contribution in [0.1, 0.15) is 61.3 Å². The van der Waals surface area contributed by atoms with E-state index in [0.717, 1.165) is 0 Å². The SMILES string of the molecule is CC(C)C[C@H](NC(=O)OC(C)(C)C)C(=O)NCCC(C)(C)O. The fourth-order valence-corrected chi connectivity index (χ4v) is 1.77. The molecule has 130 valence electrons. The van der Waals surface area contributed by atoms with Gasteiger partial charge in [0.1, 0.15) is 11.6 Å². The maximum absolute atomic E-state index is 12.2. The normalized spacial score (nSPS) is 13.7. The van der Waals surface area contributed by atoms with Gasteiger partial charge in [-0.25, -0.2) is 4.79 Å².